The predicted molar refractivity (Wildman–Crippen MR) is 87.8 cm³/mol. The quantitative estimate of drug-likeness (QED) is 0.850. The molecule has 0 radical (unpaired) electrons. The number of hydrogen-bond donors (Lipinski definition) is 2. The zero-order valence-corrected chi connectivity index (χ0v) is 13.8. The third-order valence-electron chi connectivity index (χ3n) is 3.69. The van der Waals surface area contributed by atoms with Gasteiger partial charge in [0.1, 0.15) is 5.69 Å². The molecule has 1 amide bonds. The summed E-state index contributed by atoms with van der Waals surface area (Å²) in [6.45, 7) is 5.39. The molecule has 0 bridgehead atoms. The van der Waals surface area contributed by atoms with Gasteiger partial charge in [-0.3, -0.25) is 20.1 Å². The van der Waals surface area contributed by atoms with E-state index in [9.17, 15) is 13.6 Å². The molecular formula is C17H20F2N4O. The van der Waals surface area contributed by atoms with Crippen LogP contribution in [0.15, 0.2) is 36.7 Å². The standard InChI is InChI=1S/C17H20F2N4O/c1-10(13-6-7-15(16(18)19)21-9-13)22-12(3)17(24)23-14-5-4-8-20-11(14)2/h4-10,12,16,22H,1-3H3,(H,23,24)/t10?,12-/m0/s1. The number of aromatic nitrogens is 2. The summed E-state index contributed by atoms with van der Waals surface area (Å²) < 4.78 is 25.0. The number of anilines is 1. The van der Waals surface area contributed by atoms with Crippen molar-refractivity contribution in [3.05, 3.63) is 53.6 Å². The van der Waals surface area contributed by atoms with Crippen LogP contribution in [-0.2, 0) is 4.79 Å². The number of carbonyl (C=O) groups is 1. The van der Waals surface area contributed by atoms with E-state index < -0.39 is 12.5 Å². The molecule has 0 fully saturated rings. The van der Waals surface area contributed by atoms with E-state index in [0.29, 0.717) is 5.69 Å². The Morgan fingerprint density at radius 3 is 2.50 bits per heavy atom. The van der Waals surface area contributed by atoms with Gasteiger partial charge in [-0.05, 0) is 44.5 Å². The first kappa shape index (κ1) is 17.9. The van der Waals surface area contributed by atoms with Gasteiger partial charge in [0, 0.05) is 18.4 Å². The van der Waals surface area contributed by atoms with Crippen molar-refractivity contribution in [1.82, 2.24) is 15.3 Å². The predicted octanol–water partition coefficient (Wildman–Crippen LogP) is 3.40. The number of carbonyl (C=O) groups excluding carboxylic acids is 1. The van der Waals surface area contributed by atoms with Crippen molar-refractivity contribution in [2.45, 2.75) is 39.3 Å². The molecule has 0 saturated carbocycles. The molecule has 2 N–H and O–H groups in total. The number of halogens is 2. The molecule has 128 valence electrons. The Balaban J connectivity index is 1.96. The summed E-state index contributed by atoms with van der Waals surface area (Å²) in [5.74, 6) is -0.199. The molecule has 24 heavy (non-hydrogen) atoms. The van der Waals surface area contributed by atoms with Gasteiger partial charge in [0.15, 0.2) is 0 Å². The highest BCUT2D eigenvalue weighted by Crippen LogP contribution is 2.19. The van der Waals surface area contributed by atoms with Crippen LogP contribution in [0.1, 0.15) is 43.3 Å². The lowest BCUT2D eigenvalue weighted by atomic mass is 10.1. The van der Waals surface area contributed by atoms with E-state index in [1.165, 1.54) is 12.3 Å². The lowest BCUT2D eigenvalue weighted by Gasteiger charge is -2.20. The summed E-state index contributed by atoms with van der Waals surface area (Å²) in [7, 11) is 0. The zero-order chi connectivity index (χ0) is 17.7. The summed E-state index contributed by atoms with van der Waals surface area (Å²) in [5.41, 5.74) is 1.87. The average Bonchev–Trinajstić information content (AvgIpc) is 2.56. The normalized spacial score (nSPS) is 13.6. The summed E-state index contributed by atoms with van der Waals surface area (Å²) in [6.07, 6.45) is 0.467. The lowest BCUT2D eigenvalue weighted by molar-refractivity contribution is -0.117. The molecule has 0 aliphatic heterocycles. The highest BCUT2D eigenvalue weighted by atomic mass is 19.3. The van der Waals surface area contributed by atoms with Crippen molar-refractivity contribution in [1.29, 1.82) is 0 Å². The number of hydrogen-bond acceptors (Lipinski definition) is 4. The van der Waals surface area contributed by atoms with Gasteiger partial charge in [-0.15, -0.1) is 0 Å². The van der Waals surface area contributed by atoms with Crippen LogP contribution in [0.25, 0.3) is 0 Å². The van der Waals surface area contributed by atoms with E-state index in [-0.39, 0.29) is 17.6 Å². The van der Waals surface area contributed by atoms with Crippen LogP contribution in [0.4, 0.5) is 14.5 Å². The number of nitrogens with one attached hydrogen (secondary N) is 2. The molecule has 2 rings (SSSR count). The molecule has 0 saturated heterocycles. The lowest BCUT2D eigenvalue weighted by Crippen LogP contribution is -2.39. The Hall–Kier alpha value is -2.41. The fraction of sp³-hybridized carbons (Fsp3) is 0.353. The Morgan fingerprint density at radius 2 is 1.92 bits per heavy atom. The van der Waals surface area contributed by atoms with Crippen LogP contribution in [0, 0.1) is 6.92 Å². The summed E-state index contributed by atoms with van der Waals surface area (Å²) in [5, 5.41) is 5.94. The van der Waals surface area contributed by atoms with Crippen LogP contribution < -0.4 is 10.6 Å². The van der Waals surface area contributed by atoms with Crippen molar-refractivity contribution in [3.63, 3.8) is 0 Å². The minimum absolute atomic E-state index is 0.199. The molecule has 0 aliphatic rings. The second-order valence-corrected chi connectivity index (χ2v) is 5.55. The van der Waals surface area contributed by atoms with Crippen LogP contribution in [0.5, 0.6) is 0 Å². The van der Waals surface area contributed by atoms with Crippen LogP contribution in [0.3, 0.4) is 0 Å². The maximum absolute atomic E-state index is 12.5. The van der Waals surface area contributed by atoms with E-state index in [2.05, 4.69) is 20.6 Å². The van der Waals surface area contributed by atoms with E-state index in [4.69, 9.17) is 0 Å². The number of pyridine rings is 2. The van der Waals surface area contributed by atoms with E-state index in [0.717, 1.165) is 11.3 Å². The third-order valence-corrected chi connectivity index (χ3v) is 3.69. The topological polar surface area (TPSA) is 66.9 Å². The molecule has 5 nitrogen and oxygen atoms in total. The van der Waals surface area contributed by atoms with Crippen molar-refractivity contribution < 1.29 is 13.6 Å². The molecule has 2 atom stereocenters. The van der Waals surface area contributed by atoms with E-state index >= 15 is 0 Å². The van der Waals surface area contributed by atoms with Gasteiger partial charge in [-0.25, -0.2) is 8.78 Å². The zero-order valence-electron chi connectivity index (χ0n) is 13.8. The van der Waals surface area contributed by atoms with Gasteiger partial charge in [-0.1, -0.05) is 6.07 Å². The summed E-state index contributed by atoms with van der Waals surface area (Å²) in [4.78, 5) is 20.1. The molecular weight excluding hydrogens is 314 g/mol. The minimum Gasteiger partial charge on any atom is -0.323 e. The van der Waals surface area contributed by atoms with E-state index in [1.54, 1.807) is 31.3 Å². The highest BCUT2D eigenvalue weighted by Gasteiger charge is 2.18. The number of nitrogens with zero attached hydrogens (tertiary/aromatic N) is 2. The van der Waals surface area contributed by atoms with Gasteiger partial charge in [0.2, 0.25) is 5.91 Å². The van der Waals surface area contributed by atoms with Crippen molar-refractivity contribution in [2.24, 2.45) is 0 Å². The Labute approximate surface area is 139 Å². The first-order valence-corrected chi connectivity index (χ1v) is 7.61. The van der Waals surface area contributed by atoms with Crippen LogP contribution in [0.2, 0.25) is 0 Å². The van der Waals surface area contributed by atoms with E-state index in [1.807, 2.05) is 13.8 Å². The first-order valence-electron chi connectivity index (χ1n) is 7.61. The van der Waals surface area contributed by atoms with Crippen LogP contribution in [-0.4, -0.2) is 21.9 Å². The maximum atomic E-state index is 12.5. The van der Waals surface area contributed by atoms with Crippen molar-refractivity contribution in [2.75, 3.05) is 5.32 Å². The minimum atomic E-state index is -2.59. The second-order valence-electron chi connectivity index (χ2n) is 5.55. The monoisotopic (exact) mass is 334 g/mol. The largest absolute Gasteiger partial charge is 0.323 e. The molecule has 7 heteroatoms. The van der Waals surface area contributed by atoms with Crippen LogP contribution >= 0.6 is 0 Å². The SMILES string of the molecule is Cc1ncccc1NC(=O)[C@H](C)NC(C)c1ccc(C(F)F)nc1. The highest BCUT2D eigenvalue weighted by molar-refractivity contribution is 5.94. The number of alkyl halides is 2. The van der Waals surface area contributed by atoms with Gasteiger partial charge in [0.05, 0.1) is 17.4 Å². The molecule has 0 aromatic carbocycles. The number of aryl methyl sites for hydroxylation is 1. The fourth-order valence-corrected chi connectivity index (χ4v) is 2.21. The molecule has 2 aromatic heterocycles. The van der Waals surface area contributed by atoms with Crippen molar-refractivity contribution in [3.8, 4) is 0 Å². The number of rotatable bonds is 6. The molecule has 0 aliphatic carbocycles. The molecule has 2 aromatic rings. The van der Waals surface area contributed by atoms with Gasteiger partial charge in [0.25, 0.3) is 6.43 Å². The molecule has 2 heterocycles. The smallest absolute Gasteiger partial charge is 0.280 e. The third kappa shape index (κ3) is 4.55. The summed E-state index contributed by atoms with van der Waals surface area (Å²) >= 11 is 0. The Morgan fingerprint density at radius 1 is 1.17 bits per heavy atom. The van der Waals surface area contributed by atoms with Gasteiger partial charge < -0.3 is 5.32 Å². The maximum Gasteiger partial charge on any atom is 0.280 e. The molecule has 0 spiro atoms. The fourth-order valence-electron chi connectivity index (χ4n) is 2.21. The first-order chi connectivity index (χ1) is 11.4. The Bertz CT molecular complexity index is 691. The second kappa shape index (κ2) is 7.92. The average molecular weight is 334 g/mol. The van der Waals surface area contributed by atoms with Gasteiger partial charge >= 0.3 is 0 Å². The molecule has 1 unspecified atom stereocenters. The summed E-state index contributed by atoms with van der Waals surface area (Å²) in [6, 6.07) is 5.72. The van der Waals surface area contributed by atoms with Gasteiger partial charge in [-0.2, -0.15) is 0 Å². The van der Waals surface area contributed by atoms with Crippen molar-refractivity contribution >= 4 is 11.6 Å². The Kier molecular flexibility index (Phi) is 5.92. The number of amides is 1.